The van der Waals surface area contributed by atoms with Crippen molar-refractivity contribution in [2.24, 2.45) is 0 Å². The molecule has 1 aromatic carbocycles. The Morgan fingerprint density at radius 3 is 2.68 bits per heavy atom. The SMILES string of the molecule is Cc1cc(=O)oc2cc(O[C@@H](C)C(=O)NNC(=O)c3ccc[nH]c3=O)ccc12. The number of rotatable bonds is 4. The molecule has 0 aliphatic carbocycles. The standard InChI is InChI=1S/C19H17N3O6/c1-10-8-16(23)28-15-9-12(5-6-13(10)15)27-11(2)17(24)21-22-19(26)14-4-3-7-20-18(14)25/h3-9,11H,1-2H3,(H,20,25)(H,21,24)(H,22,26)/t11-/m0/s1. The third-order valence-corrected chi connectivity index (χ3v) is 3.97. The van der Waals surface area contributed by atoms with E-state index in [-0.39, 0.29) is 5.56 Å². The number of aromatic nitrogens is 1. The summed E-state index contributed by atoms with van der Waals surface area (Å²) in [4.78, 5) is 49.5. The van der Waals surface area contributed by atoms with Gasteiger partial charge in [0.2, 0.25) is 0 Å². The fourth-order valence-corrected chi connectivity index (χ4v) is 2.52. The fourth-order valence-electron chi connectivity index (χ4n) is 2.52. The van der Waals surface area contributed by atoms with E-state index in [1.807, 2.05) is 0 Å². The number of amides is 2. The summed E-state index contributed by atoms with van der Waals surface area (Å²) in [5, 5.41) is 0.754. The molecular weight excluding hydrogens is 366 g/mol. The molecule has 144 valence electrons. The molecule has 0 aliphatic rings. The number of hydrogen-bond donors (Lipinski definition) is 3. The number of nitrogens with one attached hydrogen (secondary N) is 3. The van der Waals surface area contributed by atoms with Crippen LogP contribution in [0.3, 0.4) is 0 Å². The molecule has 9 heteroatoms. The van der Waals surface area contributed by atoms with Crippen LogP contribution < -0.4 is 26.8 Å². The lowest BCUT2D eigenvalue weighted by Gasteiger charge is -2.15. The number of carbonyl (C=O) groups is 2. The largest absolute Gasteiger partial charge is 0.481 e. The van der Waals surface area contributed by atoms with Gasteiger partial charge < -0.3 is 14.1 Å². The number of fused-ring (bicyclic) bond motifs is 1. The first-order valence-electron chi connectivity index (χ1n) is 8.34. The minimum atomic E-state index is -0.969. The fraction of sp³-hybridized carbons (Fsp3) is 0.158. The number of aryl methyl sites for hydroxylation is 1. The van der Waals surface area contributed by atoms with E-state index < -0.39 is 29.1 Å². The van der Waals surface area contributed by atoms with Crippen LogP contribution in [0, 0.1) is 6.92 Å². The molecule has 2 aromatic heterocycles. The molecule has 28 heavy (non-hydrogen) atoms. The number of hydrogen-bond acceptors (Lipinski definition) is 6. The highest BCUT2D eigenvalue weighted by molar-refractivity contribution is 5.95. The van der Waals surface area contributed by atoms with Gasteiger partial charge in [-0.2, -0.15) is 0 Å². The average Bonchev–Trinajstić information content (AvgIpc) is 2.65. The topological polar surface area (TPSA) is 130 Å². The summed E-state index contributed by atoms with van der Waals surface area (Å²) in [6.45, 7) is 3.27. The van der Waals surface area contributed by atoms with Crippen molar-refractivity contribution in [1.29, 1.82) is 0 Å². The summed E-state index contributed by atoms with van der Waals surface area (Å²) in [6, 6.07) is 9.07. The molecule has 0 saturated carbocycles. The predicted molar refractivity (Wildman–Crippen MR) is 100.0 cm³/mol. The molecule has 1 atom stereocenters. The van der Waals surface area contributed by atoms with Gasteiger partial charge in [0, 0.05) is 23.7 Å². The van der Waals surface area contributed by atoms with Gasteiger partial charge in [0.1, 0.15) is 16.9 Å². The lowest BCUT2D eigenvalue weighted by molar-refractivity contribution is -0.128. The van der Waals surface area contributed by atoms with Gasteiger partial charge in [-0.15, -0.1) is 0 Å². The van der Waals surface area contributed by atoms with Crippen molar-refractivity contribution < 1.29 is 18.7 Å². The predicted octanol–water partition coefficient (Wildman–Crippen LogP) is 1.02. The average molecular weight is 383 g/mol. The highest BCUT2D eigenvalue weighted by Gasteiger charge is 2.17. The maximum atomic E-state index is 12.1. The van der Waals surface area contributed by atoms with Crippen LogP contribution in [0.5, 0.6) is 5.75 Å². The summed E-state index contributed by atoms with van der Waals surface area (Å²) >= 11 is 0. The van der Waals surface area contributed by atoms with Crippen molar-refractivity contribution in [2.45, 2.75) is 20.0 Å². The lowest BCUT2D eigenvalue weighted by Crippen LogP contribution is -2.48. The van der Waals surface area contributed by atoms with E-state index in [9.17, 15) is 19.2 Å². The van der Waals surface area contributed by atoms with Gasteiger partial charge in [-0.1, -0.05) is 0 Å². The highest BCUT2D eigenvalue weighted by atomic mass is 16.5. The molecule has 0 unspecified atom stereocenters. The smallest absolute Gasteiger partial charge is 0.336 e. The number of hydrazine groups is 1. The first-order valence-corrected chi connectivity index (χ1v) is 8.34. The normalized spacial score (nSPS) is 11.6. The zero-order valence-corrected chi connectivity index (χ0v) is 15.1. The van der Waals surface area contributed by atoms with E-state index in [1.54, 1.807) is 19.1 Å². The maximum Gasteiger partial charge on any atom is 0.336 e. The first kappa shape index (κ1) is 18.9. The van der Waals surface area contributed by atoms with Gasteiger partial charge in [0.15, 0.2) is 6.10 Å². The highest BCUT2D eigenvalue weighted by Crippen LogP contribution is 2.22. The molecule has 0 spiro atoms. The van der Waals surface area contributed by atoms with Crippen molar-refractivity contribution in [3.63, 3.8) is 0 Å². The molecule has 3 N–H and O–H groups in total. The molecule has 0 bridgehead atoms. The maximum absolute atomic E-state index is 12.1. The van der Waals surface area contributed by atoms with Gasteiger partial charge in [-0.3, -0.25) is 25.2 Å². The summed E-state index contributed by atoms with van der Waals surface area (Å²) in [7, 11) is 0. The Hall–Kier alpha value is -3.88. The molecule has 0 fully saturated rings. The third kappa shape index (κ3) is 4.09. The Balaban J connectivity index is 1.65. The zero-order chi connectivity index (χ0) is 20.3. The van der Waals surface area contributed by atoms with Gasteiger partial charge in [-0.05, 0) is 43.7 Å². The lowest BCUT2D eigenvalue weighted by atomic mass is 10.1. The molecule has 2 amide bonds. The number of carbonyl (C=O) groups excluding carboxylic acids is 2. The number of benzene rings is 1. The van der Waals surface area contributed by atoms with E-state index in [1.165, 1.54) is 37.4 Å². The van der Waals surface area contributed by atoms with Gasteiger partial charge >= 0.3 is 5.63 Å². The second-order valence-electron chi connectivity index (χ2n) is 6.02. The number of aromatic amines is 1. The Morgan fingerprint density at radius 2 is 1.93 bits per heavy atom. The molecule has 0 saturated heterocycles. The third-order valence-electron chi connectivity index (χ3n) is 3.97. The number of ether oxygens (including phenoxy) is 1. The van der Waals surface area contributed by atoms with E-state index in [0.717, 1.165) is 10.9 Å². The van der Waals surface area contributed by atoms with Crippen LogP contribution in [-0.2, 0) is 4.79 Å². The van der Waals surface area contributed by atoms with Crippen LogP contribution in [0.4, 0.5) is 0 Å². The molecular formula is C19H17N3O6. The number of pyridine rings is 1. The molecule has 9 nitrogen and oxygen atoms in total. The van der Waals surface area contributed by atoms with E-state index in [4.69, 9.17) is 9.15 Å². The van der Waals surface area contributed by atoms with Crippen LogP contribution in [0.15, 0.2) is 56.6 Å². The molecule has 2 heterocycles. The van der Waals surface area contributed by atoms with Crippen molar-refractivity contribution in [3.8, 4) is 5.75 Å². The Bertz CT molecular complexity index is 1160. The van der Waals surface area contributed by atoms with E-state index >= 15 is 0 Å². The Kier molecular flexibility index (Phi) is 5.25. The van der Waals surface area contributed by atoms with E-state index in [2.05, 4.69) is 15.8 Å². The molecule has 3 rings (SSSR count). The van der Waals surface area contributed by atoms with Crippen molar-refractivity contribution in [3.05, 3.63) is 74.5 Å². The second kappa shape index (κ2) is 7.78. The van der Waals surface area contributed by atoms with Gasteiger partial charge in [-0.25, -0.2) is 4.79 Å². The van der Waals surface area contributed by atoms with Crippen molar-refractivity contribution in [2.75, 3.05) is 0 Å². The van der Waals surface area contributed by atoms with Gasteiger partial charge in [0.05, 0.1) is 0 Å². The minimum Gasteiger partial charge on any atom is -0.481 e. The Morgan fingerprint density at radius 1 is 1.14 bits per heavy atom. The second-order valence-corrected chi connectivity index (χ2v) is 6.02. The summed E-state index contributed by atoms with van der Waals surface area (Å²) in [5.41, 5.74) is 4.25. The molecule has 3 aromatic rings. The molecule has 0 aliphatic heterocycles. The quantitative estimate of drug-likeness (QED) is 0.455. The number of H-pyrrole nitrogens is 1. The first-order chi connectivity index (χ1) is 13.3. The monoisotopic (exact) mass is 383 g/mol. The van der Waals surface area contributed by atoms with Crippen LogP contribution in [0.2, 0.25) is 0 Å². The van der Waals surface area contributed by atoms with Crippen LogP contribution in [-0.4, -0.2) is 22.9 Å². The zero-order valence-electron chi connectivity index (χ0n) is 15.1. The summed E-state index contributed by atoms with van der Waals surface area (Å²) in [6.07, 6.45) is 0.421. The van der Waals surface area contributed by atoms with Gasteiger partial charge in [0.25, 0.3) is 17.4 Å². The van der Waals surface area contributed by atoms with Crippen LogP contribution in [0.1, 0.15) is 22.8 Å². The Labute approximate surface area is 158 Å². The van der Waals surface area contributed by atoms with Crippen molar-refractivity contribution in [1.82, 2.24) is 15.8 Å². The summed E-state index contributed by atoms with van der Waals surface area (Å²) in [5.74, 6) is -1.08. The van der Waals surface area contributed by atoms with E-state index in [0.29, 0.717) is 11.3 Å². The van der Waals surface area contributed by atoms with Crippen LogP contribution >= 0.6 is 0 Å². The summed E-state index contributed by atoms with van der Waals surface area (Å²) < 4.78 is 10.7. The van der Waals surface area contributed by atoms with Crippen molar-refractivity contribution >= 4 is 22.8 Å². The molecule has 0 radical (unpaired) electrons. The van der Waals surface area contributed by atoms with Crippen LogP contribution in [0.25, 0.3) is 11.0 Å². The minimum absolute atomic E-state index is 0.142.